The van der Waals surface area contributed by atoms with Crippen molar-refractivity contribution in [2.24, 2.45) is 0 Å². The van der Waals surface area contributed by atoms with Crippen molar-refractivity contribution in [3.63, 3.8) is 0 Å². The maximum absolute atomic E-state index is 12.0. The number of Topliss-reactive ketones (excluding diaryl/α,β-unsaturated/α-hetero) is 1. The van der Waals surface area contributed by atoms with Gasteiger partial charge in [-0.3, -0.25) is 14.0 Å². The Morgan fingerprint density at radius 2 is 1.47 bits per heavy atom. The number of hydrogen-bond donors (Lipinski definition) is 0. The third-order valence-corrected chi connectivity index (χ3v) is 6.57. The van der Waals surface area contributed by atoms with Gasteiger partial charge in [-0.15, -0.1) is 0 Å². The van der Waals surface area contributed by atoms with Gasteiger partial charge in [0.25, 0.3) is 6.47 Å². The molecule has 8 nitrogen and oxygen atoms in total. The van der Waals surface area contributed by atoms with Crippen molar-refractivity contribution >= 4 is 90.1 Å². The number of nitrogens with zero attached hydrogens (tertiary/aromatic N) is 3. The van der Waals surface area contributed by atoms with Crippen molar-refractivity contribution in [1.82, 2.24) is 15.0 Å². The first kappa shape index (κ1) is 40.1. The van der Waals surface area contributed by atoms with Crippen LogP contribution in [0.3, 0.4) is 0 Å². The molecule has 0 aliphatic carbocycles. The predicted octanol–water partition coefficient (Wildman–Crippen LogP) is 2.02. The van der Waals surface area contributed by atoms with Crippen LogP contribution in [0.15, 0.2) is 86.2 Å². The second-order valence-electron chi connectivity index (χ2n) is 7.37. The molecule has 43 heavy (non-hydrogen) atoms. The number of benzene rings is 2. The maximum Gasteiger partial charge on any atom is 1.00 e. The van der Waals surface area contributed by atoms with E-state index in [1.165, 1.54) is 0 Å². The molecule has 0 atom stereocenters. The Kier molecular flexibility index (Phi) is 21.0. The molecule has 0 radical (unpaired) electrons. The maximum atomic E-state index is 12.0. The average Bonchev–Trinajstić information content (AvgIpc) is 3.39. The fourth-order valence-corrected chi connectivity index (χ4v) is 4.07. The van der Waals surface area contributed by atoms with E-state index in [9.17, 15) is 9.18 Å². The molecule has 5 aromatic rings. The standard InChI is InChI=1S/C13H8BrCl2NO.C12H6BrClN2O.CH3F.CH2O3.2Na.H/c14-10-4-1-8(2-5-10)11(18)7-9-3-6-12(15)17-13(9)16;13-8-3-1-7(2-4-8)11-15-9-5-6-10(14)16-12(9)17-11;1-2;2-1-4-3;;;/h1-6H,7H2;1-6H;1H3;1,3H;;;/q;;;;2*+1;-1/p-1/i;;1D;;;;. The van der Waals surface area contributed by atoms with Crippen molar-refractivity contribution < 1.29 is 90.5 Å². The number of carbonyl (C=O) groups excluding carboxylic acids is 2. The number of aromatic nitrogens is 3. The van der Waals surface area contributed by atoms with Crippen LogP contribution in [0.4, 0.5) is 4.39 Å². The smallest absolute Gasteiger partial charge is 1.00 e. The van der Waals surface area contributed by atoms with Gasteiger partial charge in [-0.2, -0.15) is 4.98 Å². The summed E-state index contributed by atoms with van der Waals surface area (Å²) < 4.78 is 23.0. The third-order valence-electron chi connectivity index (χ3n) is 4.76. The topological polar surface area (TPSA) is 118 Å². The van der Waals surface area contributed by atoms with Gasteiger partial charge in [-0.1, -0.05) is 84.9 Å². The van der Waals surface area contributed by atoms with Crippen LogP contribution < -0.4 is 64.4 Å². The van der Waals surface area contributed by atoms with Crippen LogP contribution in [0, 0.1) is 0 Å². The van der Waals surface area contributed by atoms with Crippen molar-refractivity contribution in [2.45, 2.75) is 6.42 Å². The quantitative estimate of drug-likeness (QED) is 0.0663. The van der Waals surface area contributed by atoms with Gasteiger partial charge in [0.1, 0.15) is 21.0 Å². The molecule has 3 aromatic heterocycles. The van der Waals surface area contributed by atoms with Crippen LogP contribution in [0.5, 0.6) is 0 Å². The zero-order chi connectivity index (χ0) is 31.1. The van der Waals surface area contributed by atoms with Crippen LogP contribution >= 0.6 is 66.7 Å². The molecule has 0 amide bonds. The Labute approximate surface area is 325 Å². The minimum absolute atomic E-state index is 0. The average molecular weight is 798 g/mol. The van der Waals surface area contributed by atoms with E-state index in [0.717, 1.165) is 14.5 Å². The van der Waals surface area contributed by atoms with Gasteiger partial charge in [0, 0.05) is 26.5 Å². The summed E-state index contributed by atoms with van der Waals surface area (Å²) in [5.74, 6) is 0.538. The van der Waals surface area contributed by atoms with Crippen LogP contribution in [0.2, 0.25) is 15.5 Å². The molecular formula is C27H19Br2Cl3FN3Na2O5. The monoisotopic (exact) mass is 794 g/mol. The second-order valence-corrected chi connectivity index (χ2v) is 10.3. The van der Waals surface area contributed by atoms with Gasteiger partial charge in [0.05, 0.1) is 8.52 Å². The predicted molar refractivity (Wildman–Crippen MR) is 162 cm³/mol. The number of oxazole rings is 1. The summed E-state index contributed by atoms with van der Waals surface area (Å²) in [6.45, 7) is -0.181. The summed E-state index contributed by atoms with van der Waals surface area (Å²) in [7, 11) is -1.00. The molecule has 0 saturated heterocycles. The molecule has 0 fully saturated rings. The van der Waals surface area contributed by atoms with E-state index < -0.39 is 7.15 Å². The first-order valence-electron chi connectivity index (χ1n) is 11.7. The normalized spacial score (nSPS) is 9.60. The molecule has 0 aliphatic heterocycles. The minimum atomic E-state index is -1.00. The van der Waals surface area contributed by atoms with Crippen molar-refractivity contribution in [2.75, 3.05) is 7.15 Å². The largest absolute Gasteiger partial charge is 1.00 e. The number of pyridine rings is 2. The molecule has 0 unspecified atom stereocenters. The summed E-state index contributed by atoms with van der Waals surface area (Å²) >= 11 is 24.1. The molecule has 5 rings (SSSR count). The number of halogens is 6. The van der Waals surface area contributed by atoms with E-state index in [1.54, 1.807) is 36.4 Å². The molecule has 2 aromatic carbocycles. The van der Waals surface area contributed by atoms with Gasteiger partial charge in [0.2, 0.25) is 11.6 Å². The molecule has 0 saturated carbocycles. The van der Waals surface area contributed by atoms with Gasteiger partial charge in [-0.05, 0) is 60.2 Å². The third kappa shape index (κ3) is 14.4. The summed E-state index contributed by atoms with van der Waals surface area (Å²) in [6, 6.07) is 21.7. The number of ketones is 1. The summed E-state index contributed by atoms with van der Waals surface area (Å²) in [4.78, 5) is 35.6. The Bertz CT molecular complexity index is 1610. The fourth-order valence-electron chi connectivity index (χ4n) is 2.99. The Morgan fingerprint density at radius 1 is 0.953 bits per heavy atom. The van der Waals surface area contributed by atoms with Crippen LogP contribution in [0.1, 0.15) is 18.7 Å². The molecule has 0 bridgehead atoms. The number of carbonyl (C=O) groups is 2. The molecular weight excluding hydrogens is 777 g/mol. The molecule has 0 spiro atoms. The zero-order valence-electron chi connectivity index (χ0n) is 24.6. The van der Waals surface area contributed by atoms with Gasteiger partial charge >= 0.3 is 59.1 Å². The first-order chi connectivity index (χ1) is 20.1. The Hall–Kier alpha value is -0.930. The Morgan fingerprint density at radius 3 is 2.00 bits per heavy atom. The van der Waals surface area contributed by atoms with Crippen LogP contribution in [-0.2, 0) is 16.1 Å². The van der Waals surface area contributed by atoms with E-state index in [0.29, 0.717) is 38.6 Å². The summed E-state index contributed by atoms with van der Waals surface area (Å²) in [5, 5.41) is 9.42. The van der Waals surface area contributed by atoms with E-state index >= 15 is 0 Å². The fraction of sp³-hybridized carbons (Fsp3) is 0.0741. The Balaban J connectivity index is 0. The SMILES string of the molecule is Clc1ccc2nc(-c3ccc(Br)cc3)oc2n1.O=C(Cc1ccc(Cl)nc1Cl)c1ccc(Br)cc1.O=CO[O-].[2H]CF.[H-].[Na+].[Na+]. The summed E-state index contributed by atoms with van der Waals surface area (Å²) in [5.41, 5.74) is 3.38. The minimum Gasteiger partial charge on any atom is -1.00 e. The van der Waals surface area contributed by atoms with E-state index in [4.69, 9.17) is 50.6 Å². The molecule has 3 heterocycles. The molecule has 216 valence electrons. The molecule has 16 heteroatoms. The van der Waals surface area contributed by atoms with Gasteiger partial charge < -0.3 is 16.0 Å². The van der Waals surface area contributed by atoms with Crippen molar-refractivity contribution in [3.8, 4) is 11.5 Å². The van der Waals surface area contributed by atoms with E-state index in [-0.39, 0.29) is 84.4 Å². The van der Waals surface area contributed by atoms with Crippen LogP contribution in [0.25, 0.3) is 22.7 Å². The molecule has 0 aliphatic rings. The number of hydrogen-bond acceptors (Lipinski definition) is 8. The first-order valence-corrected chi connectivity index (χ1v) is 13.7. The van der Waals surface area contributed by atoms with Gasteiger partial charge in [-0.25, -0.2) is 9.97 Å². The number of fused-ring (bicyclic) bond motifs is 1. The zero-order valence-corrected chi connectivity index (χ0v) is 32.0. The van der Waals surface area contributed by atoms with E-state index in [2.05, 4.69) is 51.7 Å². The van der Waals surface area contributed by atoms with Crippen molar-refractivity contribution in [3.05, 3.63) is 108 Å². The van der Waals surface area contributed by atoms with Gasteiger partial charge in [0.15, 0.2) is 5.78 Å². The van der Waals surface area contributed by atoms with Crippen LogP contribution in [-0.4, -0.2) is 34.4 Å². The molecule has 0 N–H and O–H groups in total. The summed E-state index contributed by atoms with van der Waals surface area (Å²) in [6.07, 6.45) is 0.213. The number of rotatable bonds is 5. The van der Waals surface area contributed by atoms with Crippen molar-refractivity contribution in [1.29, 1.82) is 0 Å². The second kappa shape index (κ2) is 22.6. The van der Waals surface area contributed by atoms with E-state index in [1.807, 2.05) is 36.4 Å². The number of alkyl halides is 1.